The summed E-state index contributed by atoms with van der Waals surface area (Å²) in [5.74, 6) is 1.65. The molecule has 0 radical (unpaired) electrons. The second kappa shape index (κ2) is 11.1. The summed E-state index contributed by atoms with van der Waals surface area (Å²) in [4.78, 5) is 25.9. The minimum absolute atomic E-state index is 0.0765. The molecule has 2 aromatic carbocycles. The first-order valence-corrected chi connectivity index (χ1v) is 13.7. The molecule has 1 amide bonds. The van der Waals surface area contributed by atoms with Gasteiger partial charge in [0.25, 0.3) is 11.8 Å². The molecule has 1 saturated carbocycles. The predicted octanol–water partition coefficient (Wildman–Crippen LogP) is 5.18. The first-order chi connectivity index (χ1) is 19.7. The fraction of sp³-hybridized carbons (Fsp3) is 0.414. The van der Waals surface area contributed by atoms with Crippen molar-refractivity contribution in [3.8, 4) is 17.4 Å². The molecule has 1 saturated heterocycles. The number of hydrogen-bond acceptors (Lipinski definition) is 8. The summed E-state index contributed by atoms with van der Waals surface area (Å²) in [6.07, 6.45) is -0.679. The summed E-state index contributed by atoms with van der Waals surface area (Å²) in [7, 11) is 0. The number of piperazine rings is 1. The van der Waals surface area contributed by atoms with Crippen LogP contribution in [0, 0.1) is 12.8 Å². The highest BCUT2D eigenvalue weighted by Gasteiger charge is 2.33. The molecule has 6 rings (SSSR count). The number of amides is 1. The number of aromatic nitrogens is 2. The van der Waals surface area contributed by atoms with Gasteiger partial charge >= 0.3 is 6.18 Å². The zero-order valence-electron chi connectivity index (χ0n) is 22.6. The van der Waals surface area contributed by atoms with E-state index in [1.165, 1.54) is 25.2 Å². The number of nitrogens with one attached hydrogen (secondary N) is 2. The largest absolute Gasteiger partial charge is 0.483 e. The van der Waals surface area contributed by atoms with Crippen molar-refractivity contribution in [3.05, 3.63) is 59.4 Å². The maximum atomic E-state index is 13.8. The average Bonchev–Trinajstić information content (AvgIpc) is 3.78. The predicted molar refractivity (Wildman–Crippen MR) is 148 cm³/mol. The molecule has 0 unspecified atom stereocenters. The number of ether oxygens (including phenoxy) is 2. The minimum atomic E-state index is -4.55. The van der Waals surface area contributed by atoms with E-state index in [9.17, 15) is 18.0 Å². The van der Waals surface area contributed by atoms with Crippen LogP contribution in [0.3, 0.4) is 0 Å². The fourth-order valence-electron chi connectivity index (χ4n) is 5.05. The zero-order chi connectivity index (χ0) is 28.6. The van der Waals surface area contributed by atoms with Crippen molar-refractivity contribution in [3.63, 3.8) is 0 Å². The van der Waals surface area contributed by atoms with Crippen LogP contribution < -0.4 is 25.0 Å². The van der Waals surface area contributed by atoms with Crippen molar-refractivity contribution >= 4 is 23.1 Å². The molecule has 3 aliphatic rings. The maximum absolute atomic E-state index is 13.8. The van der Waals surface area contributed by atoms with Crippen LogP contribution in [0.2, 0.25) is 0 Å². The van der Waals surface area contributed by atoms with Crippen molar-refractivity contribution < 1.29 is 27.4 Å². The smallest absolute Gasteiger partial charge is 0.416 e. The van der Waals surface area contributed by atoms with Gasteiger partial charge in [0.1, 0.15) is 18.7 Å². The van der Waals surface area contributed by atoms with E-state index >= 15 is 0 Å². The van der Waals surface area contributed by atoms with Gasteiger partial charge in [0.2, 0.25) is 5.75 Å². The number of rotatable bonds is 7. The van der Waals surface area contributed by atoms with Gasteiger partial charge in [-0.2, -0.15) is 18.2 Å². The molecule has 0 bridgehead atoms. The monoisotopic (exact) mass is 568 g/mol. The summed E-state index contributed by atoms with van der Waals surface area (Å²) >= 11 is 0. The number of aryl methyl sites for hydroxylation is 1. The second-order valence-corrected chi connectivity index (χ2v) is 10.7. The van der Waals surface area contributed by atoms with Crippen molar-refractivity contribution in [2.75, 3.05) is 61.4 Å². The first-order valence-electron chi connectivity index (χ1n) is 13.7. The topological polar surface area (TPSA) is 91.9 Å². The Kier molecular flexibility index (Phi) is 7.33. The lowest BCUT2D eigenvalue weighted by Crippen LogP contribution is -2.47. The molecule has 216 valence electrons. The van der Waals surface area contributed by atoms with Crippen LogP contribution in [0.5, 0.6) is 17.4 Å². The molecule has 1 aromatic heterocycles. The summed E-state index contributed by atoms with van der Waals surface area (Å²) in [6, 6.07) is 8.56. The fourth-order valence-corrected chi connectivity index (χ4v) is 5.05. The van der Waals surface area contributed by atoms with Gasteiger partial charge in [-0.3, -0.25) is 9.69 Å². The second-order valence-electron chi connectivity index (χ2n) is 10.7. The summed E-state index contributed by atoms with van der Waals surface area (Å²) < 4.78 is 53.1. The van der Waals surface area contributed by atoms with E-state index in [2.05, 4.69) is 25.5 Å². The molecule has 41 heavy (non-hydrogen) atoms. The molecular formula is C29H31F3N6O3. The molecule has 2 aliphatic heterocycles. The molecule has 2 fully saturated rings. The first kappa shape index (κ1) is 27.1. The van der Waals surface area contributed by atoms with Gasteiger partial charge in [-0.1, -0.05) is 6.07 Å². The Bertz CT molecular complexity index is 1440. The average molecular weight is 569 g/mol. The number of benzene rings is 2. The third-order valence-corrected chi connectivity index (χ3v) is 7.52. The number of halogens is 3. The Morgan fingerprint density at radius 3 is 2.68 bits per heavy atom. The van der Waals surface area contributed by atoms with Crippen molar-refractivity contribution in [2.24, 2.45) is 5.92 Å². The van der Waals surface area contributed by atoms with Gasteiger partial charge in [0.15, 0.2) is 5.82 Å². The van der Waals surface area contributed by atoms with Gasteiger partial charge in [0, 0.05) is 49.7 Å². The van der Waals surface area contributed by atoms with Crippen molar-refractivity contribution in [2.45, 2.75) is 25.9 Å². The maximum Gasteiger partial charge on any atom is 0.416 e. The van der Waals surface area contributed by atoms with Crippen LogP contribution in [-0.2, 0) is 6.18 Å². The lowest BCUT2D eigenvalue weighted by Gasteiger charge is -2.36. The van der Waals surface area contributed by atoms with Crippen LogP contribution in [0.1, 0.15) is 34.3 Å². The van der Waals surface area contributed by atoms with Gasteiger partial charge in [-0.25, -0.2) is 4.98 Å². The van der Waals surface area contributed by atoms with E-state index in [-0.39, 0.29) is 17.1 Å². The Morgan fingerprint density at radius 1 is 1.12 bits per heavy atom. The van der Waals surface area contributed by atoms with Crippen LogP contribution >= 0.6 is 0 Å². The SMILES string of the molecule is Cc1ccc(C(=O)Nc2cc(N3CCN(CC4CC4)CC3)cc(C(F)(F)F)c2)cc1Oc1ncnc2c1OCCN2. The number of carbonyl (C=O) groups is 1. The van der Waals surface area contributed by atoms with E-state index in [1.54, 1.807) is 18.2 Å². The Morgan fingerprint density at radius 2 is 1.93 bits per heavy atom. The van der Waals surface area contributed by atoms with E-state index in [0.29, 0.717) is 49.2 Å². The van der Waals surface area contributed by atoms with E-state index in [1.807, 2.05) is 11.8 Å². The van der Waals surface area contributed by atoms with Gasteiger partial charge in [0.05, 0.1) is 12.1 Å². The zero-order valence-corrected chi connectivity index (χ0v) is 22.6. The molecule has 1 aliphatic carbocycles. The molecule has 9 nitrogen and oxygen atoms in total. The molecule has 12 heteroatoms. The number of alkyl halides is 3. The number of anilines is 3. The minimum Gasteiger partial charge on any atom is -0.483 e. The lowest BCUT2D eigenvalue weighted by molar-refractivity contribution is -0.137. The Hall–Kier alpha value is -4.06. The highest BCUT2D eigenvalue weighted by Crippen LogP contribution is 2.38. The number of carbonyl (C=O) groups excluding carboxylic acids is 1. The highest BCUT2D eigenvalue weighted by molar-refractivity contribution is 6.05. The molecule has 2 N–H and O–H groups in total. The summed E-state index contributed by atoms with van der Waals surface area (Å²) in [6.45, 7) is 6.77. The number of hydrogen-bond donors (Lipinski definition) is 2. The molecule has 3 aromatic rings. The van der Waals surface area contributed by atoms with Crippen LogP contribution in [0.25, 0.3) is 0 Å². The Balaban J connectivity index is 1.20. The lowest BCUT2D eigenvalue weighted by atomic mass is 10.1. The van der Waals surface area contributed by atoms with E-state index in [4.69, 9.17) is 9.47 Å². The van der Waals surface area contributed by atoms with Gasteiger partial charge < -0.3 is 25.0 Å². The quantitative estimate of drug-likeness (QED) is 0.403. The molecule has 3 heterocycles. The summed E-state index contributed by atoms with van der Waals surface area (Å²) in [5, 5.41) is 5.77. The third kappa shape index (κ3) is 6.32. The van der Waals surface area contributed by atoms with Gasteiger partial charge in [-0.05, 0) is 61.6 Å². The number of nitrogens with zero attached hydrogens (tertiary/aromatic N) is 4. The van der Waals surface area contributed by atoms with E-state index in [0.717, 1.165) is 43.2 Å². The highest BCUT2D eigenvalue weighted by atomic mass is 19.4. The van der Waals surface area contributed by atoms with Crippen LogP contribution in [0.4, 0.5) is 30.4 Å². The van der Waals surface area contributed by atoms with Crippen molar-refractivity contribution in [1.82, 2.24) is 14.9 Å². The van der Waals surface area contributed by atoms with Gasteiger partial charge in [-0.15, -0.1) is 0 Å². The van der Waals surface area contributed by atoms with Crippen LogP contribution in [0.15, 0.2) is 42.7 Å². The van der Waals surface area contributed by atoms with E-state index < -0.39 is 17.6 Å². The molecule has 0 spiro atoms. The number of fused-ring (bicyclic) bond motifs is 1. The third-order valence-electron chi connectivity index (χ3n) is 7.52. The van der Waals surface area contributed by atoms with Crippen LogP contribution in [-0.4, -0.2) is 66.7 Å². The molecular weight excluding hydrogens is 537 g/mol. The normalized spacial score (nSPS) is 17.3. The summed E-state index contributed by atoms with van der Waals surface area (Å²) in [5.41, 5.74) is 0.671. The standard InChI is InChI=1S/C29H31F3N6O3/c1-18-2-5-20(12-24(18)41-28-25-26(34-17-35-28)33-6-11-40-25)27(39)36-22-13-21(29(30,31)32)14-23(15-22)38-9-7-37(8-10-38)16-19-3-4-19/h2,5,12-15,17,19H,3-4,6-11,16H2,1H3,(H,36,39)(H,33,34,35). The Labute approximate surface area is 235 Å². The molecule has 0 atom stereocenters. The van der Waals surface area contributed by atoms with Crippen molar-refractivity contribution in [1.29, 1.82) is 0 Å².